The van der Waals surface area contributed by atoms with Crippen LogP contribution in [0.1, 0.15) is 22.1 Å². The molecule has 1 aliphatic heterocycles. The van der Waals surface area contributed by atoms with Crippen molar-refractivity contribution in [2.45, 2.75) is 11.2 Å². The third-order valence-electron chi connectivity index (χ3n) is 4.03. The number of para-hydroxylation sites is 1. The van der Waals surface area contributed by atoms with Gasteiger partial charge in [-0.15, -0.1) is 11.8 Å². The quantitative estimate of drug-likeness (QED) is 0.681. The van der Waals surface area contributed by atoms with Gasteiger partial charge in [0.25, 0.3) is 5.91 Å². The highest BCUT2D eigenvalue weighted by atomic mass is 35.5. The molecule has 0 bridgehead atoms. The van der Waals surface area contributed by atoms with Crippen LogP contribution in [0, 0.1) is 0 Å². The van der Waals surface area contributed by atoms with E-state index in [2.05, 4.69) is 15.7 Å². The Bertz CT molecular complexity index is 924. The van der Waals surface area contributed by atoms with Gasteiger partial charge in [-0.05, 0) is 36.1 Å². The lowest BCUT2D eigenvalue weighted by molar-refractivity contribution is 0.0932. The van der Waals surface area contributed by atoms with Crippen molar-refractivity contribution < 1.29 is 4.79 Å². The zero-order valence-electron chi connectivity index (χ0n) is 13.4. The van der Waals surface area contributed by atoms with Gasteiger partial charge < -0.3 is 10.6 Å². The van der Waals surface area contributed by atoms with E-state index in [9.17, 15) is 4.79 Å². The van der Waals surface area contributed by atoms with Gasteiger partial charge in [0.15, 0.2) is 0 Å². The van der Waals surface area contributed by atoms with E-state index in [1.807, 2.05) is 60.9 Å². The number of hydrogen-bond donors (Lipinski definition) is 2. The molecule has 1 atom stereocenters. The average Bonchev–Trinajstić information content (AvgIpc) is 3.02. The predicted octanol–water partition coefficient (Wildman–Crippen LogP) is 4.10. The largest absolute Gasteiger partial charge is 0.345 e. The summed E-state index contributed by atoms with van der Waals surface area (Å²) in [5.41, 5.74) is 2.40. The molecule has 0 fully saturated rings. The summed E-state index contributed by atoms with van der Waals surface area (Å²) >= 11 is 7.41. The van der Waals surface area contributed by atoms with E-state index in [4.69, 9.17) is 11.6 Å². The van der Waals surface area contributed by atoms with Crippen LogP contribution in [-0.2, 0) is 0 Å². The topological polar surface area (TPSA) is 59.0 Å². The number of aromatic nitrogens is 2. The van der Waals surface area contributed by atoms with Crippen molar-refractivity contribution in [1.29, 1.82) is 0 Å². The molecule has 2 aromatic carbocycles. The number of carbonyl (C=O) groups excluding carboxylic acids is 1. The number of carbonyl (C=O) groups is 1. The van der Waals surface area contributed by atoms with Gasteiger partial charge in [0.2, 0.25) is 0 Å². The van der Waals surface area contributed by atoms with Crippen LogP contribution in [0.2, 0.25) is 5.02 Å². The number of nitrogens with zero attached hydrogens (tertiary/aromatic N) is 2. The van der Waals surface area contributed by atoms with Gasteiger partial charge in [-0.2, -0.15) is 5.10 Å². The Morgan fingerprint density at radius 1 is 1.08 bits per heavy atom. The van der Waals surface area contributed by atoms with Crippen molar-refractivity contribution in [2.24, 2.45) is 0 Å². The molecule has 1 amide bonds. The van der Waals surface area contributed by atoms with Gasteiger partial charge in [-0.25, -0.2) is 4.68 Å². The SMILES string of the molecule is CSc1nn(-c2ccccc2)c2c1C(=O)NC(c1ccc(Cl)cc1)N2. The molecule has 0 radical (unpaired) electrons. The molecule has 1 aliphatic rings. The lowest BCUT2D eigenvalue weighted by Crippen LogP contribution is -2.38. The molecule has 25 heavy (non-hydrogen) atoms. The Morgan fingerprint density at radius 2 is 1.80 bits per heavy atom. The first-order chi connectivity index (χ1) is 12.2. The highest BCUT2D eigenvalue weighted by Crippen LogP contribution is 2.34. The standard InChI is InChI=1S/C18H15ClN4OS/c1-25-18-14-16(23(22-18)13-5-3-2-4-6-13)20-15(21-17(14)24)11-7-9-12(19)10-8-11/h2-10,15,20H,1H3,(H,21,24). The summed E-state index contributed by atoms with van der Waals surface area (Å²) < 4.78 is 1.78. The minimum Gasteiger partial charge on any atom is -0.345 e. The van der Waals surface area contributed by atoms with Crippen molar-refractivity contribution in [3.63, 3.8) is 0 Å². The van der Waals surface area contributed by atoms with Crippen LogP contribution in [0.4, 0.5) is 5.82 Å². The smallest absolute Gasteiger partial charge is 0.259 e. The van der Waals surface area contributed by atoms with Gasteiger partial charge >= 0.3 is 0 Å². The summed E-state index contributed by atoms with van der Waals surface area (Å²) in [5, 5.41) is 12.3. The fourth-order valence-corrected chi connectivity index (χ4v) is 3.52. The van der Waals surface area contributed by atoms with Gasteiger partial charge in [0, 0.05) is 5.02 Å². The molecule has 0 aliphatic carbocycles. The fraction of sp³-hybridized carbons (Fsp3) is 0.111. The number of fused-ring (bicyclic) bond motifs is 1. The second kappa shape index (κ2) is 6.46. The number of hydrogen-bond acceptors (Lipinski definition) is 4. The second-order valence-electron chi connectivity index (χ2n) is 5.58. The van der Waals surface area contributed by atoms with E-state index >= 15 is 0 Å². The number of thioether (sulfide) groups is 1. The van der Waals surface area contributed by atoms with E-state index in [1.54, 1.807) is 4.68 Å². The van der Waals surface area contributed by atoms with Crippen LogP contribution in [0.25, 0.3) is 5.69 Å². The highest BCUT2D eigenvalue weighted by Gasteiger charge is 2.32. The zero-order valence-corrected chi connectivity index (χ0v) is 14.9. The molecule has 0 spiro atoms. The van der Waals surface area contributed by atoms with Crippen LogP contribution in [0.5, 0.6) is 0 Å². The first-order valence-corrected chi connectivity index (χ1v) is 9.33. The predicted molar refractivity (Wildman–Crippen MR) is 101 cm³/mol. The Labute approximate surface area is 154 Å². The molecule has 1 aromatic heterocycles. The van der Waals surface area contributed by atoms with E-state index in [0.717, 1.165) is 11.3 Å². The van der Waals surface area contributed by atoms with Crippen molar-refractivity contribution in [2.75, 3.05) is 11.6 Å². The Morgan fingerprint density at radius 3 is 2.48 bits per heavy atom. The van der Waals surface area contributed by atoms with Gasteiger partial charge in [0.1, 0.15) is 22.6 Å². The minimum absolute atomic E-state index is 0.139. The van der Waals surface area contributed by atoms with Gasteiger partial charge in [0.05, 0.1) is 5.69 Å². The number of halogens is 1. The summed E-state index contributed by atoms with van der Waals surface area (Å²) in [6.45, 7) is 0. The van der Waals surface area contributed by atoms with E-state index in [-0.39, 0.29) is 12.1 Å². The third kappa shape index (κ3) is 2.88. The van der Waals surface area contributed by atoms with Gasteiger partial charge in [-0.1, -0.05) is 41.9 Å². The van der Waals surface area contributed by atoms with Crippen molar-refractivity contribution >= 4 is 35.1 Å². The summed E-state index contributed by atoms with van der Waals surface area (Å²) in [6.07, 6.45) is 1.57. The van der Waals surface area contributed by atoms with Gasteiger partial charge in [-0.3, -0.25) is 4.79 Å². The maximum absolute atomic E-state index is 12.7. The maximum atomic E-state index is 12.7. The summed E-state index contributed by atoms with van der Waals surface area (Å²) in [7, 11) is 0. The molecule has 3 aromatic rings. The summed E-state index contributed by atoms with van der Waals surface area (Å²) in [5.74, 6) is 0.555. The molecule has 126 valence electrons. The Balaban J connectivity index is 1.80. The third-order valence-corrected chi connectivity index (χ3v) is 4.96. The molecular formula is C18H15ClN4OS. The van der Waals surface area contributed by atoms with E-state index in [0.29, 0.717) is 21.4 Å². The van der Waals surface area contributed by atoms with Crippen LogP contribution in [0.15, 0.2) is 59.6 Å². The first kappa shape index (κ1) is 16.1. The first-order valence-electron chi connectivity index (χ1n) is 7.72. The summed E-state index contributed by atoms with van der Waals surface area (Å²) in [6, 6.07) is 17.2. The Hall–Kier alpha value is -2.44. The lowest BCUT2D eigenvalue weighted by Gasteiger charge is -2.27. The summed E-state index contributed by atoms with van der Waals surface area (Å²) in [4.78, 5) is 12.7. The van der Waals surface area contributed by atoms with E-state index in [1.165, 1.54) is 11.8 Å². The molecule has 0 saturated heterocycles. The van der Waals surface area contributed by atoms with E-state index < -0.39 is 0 Å². The molecule has 2 N–H and O–H groups in total. The van der Waals surface area contributed by atoms with Crippen LogP contribution >= 0.6 is 23.4 Å². The van der Waals surface area contributed by atoms with Crippen molar-refractivity contribution in [3.05, 3.63) is 70.7 Å². The number of amides is 1. The van der Waals surface area contributed by atoms with Crippen LogP contribution < -0.4 is 10.6 Å². The molecule has 2 heterocycles. The second-order valence-corrected chi connectivity index (χ2v) is 6.81. The van der Waals surface area contributed by atoms with Crippen LogP contribution in [-0.4, -0.2) is 21.9 Å². The molecule has 0 saturated carbocycles. The maximum Gasteiger partial charge on any atom is 0.259 e. The number of anilines is 1. The number of rotatable bonds is 3. The fourth-order valence-electron chi connectivity index (χ4n) is 2.83. The molecule has 4 rings (SSSR count). The number of benzene rings is 2. The normalized spacial score (nSPS) is 16.1. The molecule has 1 unspecified atom stereocenters. The lowest BCUT2D eigenvalue weighted by atomic mass is 10.1. The van der Waals surface area contributed by atoms with Crippen LogP contribution in [0.3, 0.4) is 0 Å². The monoisotopic (exact) mass is 370 g/mol. The average molecular weight is 371 g/mol. The molecular weight excluding hydrogens is 356 g/mol. The molecule has 7 heteroatoms. The minimum atomic E-state index is -0.342. The molecule has 5 nitrogen and oxygen atoms in total. The number of nitrogens with one attached hydrogen (secondary N) is 2. The highest BCUT2D eigenvalue weighted by molar-refractivity contribution is 7.98. The van der Waals surface area contributed by atoms with Crippen molar-refractivity contribution in [3.8, 4) is 5.69 Å². The van der Waals surface area contributed by atoms with Crippen molar-refractivity contribution in [1.82, 2.24) is 15.1 Å². The Kier molecular flexibility index (Phi) is 4.15. The zero-order chi connectivity index (χ0) is 17.4.